The summed E-state index contributed by atoms with van der Waals surface area (Å²) in [7, 11) is 0. The van der Waals surface area contributed by atoms with E-state index in [9.17, 15) is 18.0 Å². The Bertz CT molecular complexity index is 582. The van der Waals surface area contributed by atoms with E-state index in [2.05, 4.69) is 15.6 Å². The van der Waals surface area contributed by atoms with E-state index in [1.807, 2.05) is 0 Å². The number of halogens is 3. The maximum absolute atomic E-state index is 12.7. The third kappa shape index (κ3) is 4.19. The quantitative estimate of drug-likeness (QED) is 0.874. The van der Waals surface area contributed by atoms with Gasteiger partial charge in [-0.05, 0) is 18.8 Å². The number of carbonyl (C=O) groups is 1. The number of imidazole rings is 1. The van der Waals surface area contributed by atoms with Gasteiger partial charge in [0.15, 0.2) is 5.69 Å². The van der Waals surface area contributed by atoms with Crippen LogP contribution in [-0.2, 0) is 23.9 Å². The van der Waals surface area contributed by atoms with Crippen LogP contribution in [0.4, 0.5) is 18.0 Å². The second kappa shape index (κ2) is 7.00. The Morgan fingerprint density at radius 1 is 1.29 bits per heavy atom. The molecule has 2 N–H and O–H groups in total. The Labute approximate surface area is 137 Å². The number of aryl methyl sites for hydroxylation is 1. The van der Waals surface area contributed by atoms with Crippen molar-refractivity contribution in [3.05, 3.63) is 17.7 Å². The van der Waals surface area contributed by atoms with Crippen molar-refractivity contribution in [3.8, 4) is 0 Å². The van der Waals surface area contributed by atoms with Gasteiger partial charge in [0.2, 0.25) is 0 Å². The van der Waals surface area contributed by atoms with Crippen LogP contribution < -0.4 is 10.6 Å². The fourth-order valence-electron chi connectivity index (χ4n) is 3.10. The molecular weight excluding hydrogens is 325 g/mol. The zero-order chi connectivity index (χ0) is 17.2. The van der Waals surface area contributed by atoms with Crippen molar-refractivity contribution in [2.45, 2.75) is 32.0 Å². The second-order valence-corrected chi connectivity index (χ2v) is 6.42. The molecule has 1 fully saturated rings. The third-order valence-corrected chi connectivity index (χ3v) is 4.51. The lowest BCUT2D eigenvalue weighted by Gasteiger charge is -2.24. The monoisotopic (exact) mass is 346 g/mol. The molecule has 3 heterocycles. The predicted molar refractivity (Wildman–Crippen MR) is 79.4 cm³/mol. The Morgan fingerprint density at radius 3 is 2.71 bits per heavy atom. The predicted octanol–water partition coefficient (Wildman–Crippen LogP) is 1.80. The topological polar surface area (TPSA) is 68.2 Å². The first kappa shape index (κ1) is 17.1. The first-order valence-corrected chi connectivity index (χ1v) is 8.14. The van der Waals surface area contributed by atoms with Gasteiger partial charge in [-0.2, -0.15) is 13.2 Å². The normalized spacial score (nSPS) is 23.8. The van der Waals surface area contributed by atoms with E-state index < -0.39 is 11.9 Å². The van der Waals surface area contributed by atoms with Gasteiger partial charge in [0.25, 0.3) is 0 Å². The first-order chi connectivity index (χ1) is 11.4. The minimum atomic E-state index is -4.41. The highest BCUT2D eigenvalue weighted by Gasteiger charge is 2.35. The fourth-order valence-corrected chi connectivity index (χ4v) is 3.10. The molecule has 134 valence electrons. The van der Waals surface area contributed by atoms with Crippen LogP contribution in [-0.4, -0.2) is 41.9 Å². The fraction of sp³-hybridized carbons (Fsp3) is 0.733. The molecule has 0 saturated carbocycles. The minimum Gasteiger partial charge on any atom is -0.381 e. The number of nitrogens with one attached hydrogen (secondary N) is 2. The van der Waals surface area contributed by atoms with E-state index >= 15 is 0 Å². The lowest BCUT2D eigenvalue weighted by atomic mass is 9.99. The van der Waals surface area contributed by atoms with Crippen LogP contribution in [0.3, 0.4) is 0 Å². The van der Waals surface area contributed by atoms with Gasteiger partial charge in [-0.25, -0.2) is 9.78 Å². The van der Waals surface area contributed by atoms with Gasteiger partial charge >= 0.3 is 12.2 Å². The Morgan fingerprint density at radius 2 is 2.04 bits per heavy atom. The molecule has 0 spiro atoms. The molecule has 24 heavy (non-hydrogen) atoms. The van der Waals surface area contributed by atoms with E-state index in [0.29, 0.717) is 50.8 Å². The minimum absolute atomic E-state index is 0.105. The number of hydrogen-bond acceptors (Lipinski definition) is 3. The van der Waals surface area contributed by atoms with Crippen molar-refractivity contribution in [1.82, 2.24) is 20.2 Å². The highest BCUT2D eigenvalue weighted by molar-refractivity contribution is 5.73. The smallest absolute Gasteiger partial charge is 0.381 e. The molecule has 0 bridgehead atoms. The summed E-state index contributed by atoms with van der Waals surface area (Å²) in [4.78, 5) is 15.4. The molecular formula is C15H21F3N4O2. The number of fused-ring (bicyclic) bond motifs is 1. The molecule has 2 aliphatic heterocycles. The largest absolute Gasteiger partial charge is 0.434 e. The van der Waals surface area contributed by atoms with Crippen LogP contribution in [0.1, 0.15) is 24.4 Å². The van der Waals surface area contributed by atoms with Gasteiger partial charge in [0.05, 0.1) is 6.61 Å². The molecule has 1 saturated heterocycles. The average Bonchev–Trinajstić information content (AvgIpc) is 3.18. The lowest BCUT2D eigenvalue weighted by molar-refractivity contribution is -0.141. The SMILES string of the molecule is O=C(NCC1CCOC1)NCC1CCc2nc(C(F)(F)F)cn2C1. The van der Waals surface area contributed by atoms with Crippen molar-refractivity contribution in [3.63, 3.8) is 0 Å². The number of urea groups is 1. The Kier molecular flexibility index (Phi) is 4.98. The van der Waals surface area contributed by atoms with Gasteiger partial charge in [0, 0.05) is 44.8 Å². The number of aromatic nitrogens is 2. The lowest BCUT2D eigenvalue weighted by Crippen LogP contribution is -2.41. The van der Waals surface area contributed by atoms with Crippen LogP contribution >= 0.6 is 0 Å². The maximum atomic E-state index is 12.7. The van der Waals surface area contributed by atoms with Crippen molar-refractivity contribution < 1.29 is 22.7 Å². The number of rotatable bonds is 4. The highest BCUT2D eigenvalue weighted by atomic mass is 19.4. The Balaban J connectivity index is 1.44. The molecule has 3 rings (SSSR count). The first-order valence-electron chi connectivity index (χ1n) is 8.14. The summed E-state index contributed by atoms with van der Waals surface area (Å²) in [6.45, 7) is 2.87. The number of amides is 2. The van der Waals surface area contributed by atoms with Gasteiger partial charge < -0.3 is 19.9 Å². The molecule has 0 aromatic carbocycles. The van der Waals surface area contributed by atoms with Crippen LogP contribution in [0.25, 0.3) is 0 Å². The van der Waals surface area contributed by atoms with E-state index in [1.54, 1.807) is 4.57 Å². The molecule has 0 radical (unpaired) electrons. The molecule has 0 aliphatic carbocycles. The van der Waals surface area contributed by atoms with E-state index in [4.69, 9.17) is 4.74 Å². The zero-order valence-electron chi connectivity index (χ0n) is 13.2. The standard InChI is InChI=1S/C15H21F3N4O2/c16-15(17,18)12-8-22-7-10(1-2-13(22)21-12)5-19-14(23)20-6-11-3-4-24-9-11/h8,10-11H,1-7,9H2,(H2,19,20,23). The van der Waals surface area contributed by atoms with Gasteiger partial charge in [-0.15, -0.1) is 0 Å². The molecule has 1 aromatic rings. The van der Waals surface area contributed by atoms with Crippen LogP contribution in [0.5, 0.6) is 0 Å². The van der Waals surface area contributed by atoms with E-state index in [1.165, 1.54) is 0 Å². The van der Waals surface area contributed by atoms with E-state index in [0.717, 1.165) is 19.2 Å². The summed E-state index contributed by atoms with van der Waals surface area (Å²) in [6.07, 6.45) is -1.20. The number of carbonyl (C=O) groups excluding carboxylic acids is 1. The van der Waals surface area contributed by atoms with Crippen LogP contribution in [0.15, 0.2) is 6.20 Å². The van der Waals surface area contributed by atoms with Gasteiger partial charge in [-0.3, -0.25) is 0 Å². The number of alkyl halides is 3. The number of nitrogens with zero attached hydrogens (tertiary/aromatic N) is 2. The summed E-state index contributed by atoms with van der Waals surface area (Å²) in [5.74, 6) is 0.928. The number of hydrogen-bond donors (Lipinski definition) is 2. The van der Waals surface area contributed by atoms with Gasteiger partial charge in [-0.1, -0.05) is 0 Å². The third-order valence-electron chi connectivity index (χ3n) is 4.51. The number of ether oxygens (including phenoxy) is 1. The second-order valence-electron chi connectivity index (χ2n) is 6.42. The van der Waals surface area contributed by atoms with Crippen molar-refractivity contribution >= 4 is 6.03 Å². The molecule has 6 nitrogen and oxygen atoms in total. The summed E-state index contributed by atoms with van der Waals surface area (Å²) >= 11 is 0. The van der Waals surface area contributed by atoms with Gasteiger partial charge in [0.1, 0.15) is 5.82 Å². The van der Waals surface area contributed by atoms with Crippen molar-refractivity contribution in [2.75, 3.05) is 26.3 Å². The molecule has 9 heteroatoms. The van der Waals surface area contributed by atoms with Crippen molar-refractivity contribution in [2.24, 2.45) is 11.8 Å². The molecule has 1 aromatic heterocycles. The summed E-state index contributed by atoms with van der Waals surface area (Å²) < 4.78 is 44.9. The highest BCUT2D eigenvalue weighted by Crippen LogP contribution is 2.30. The molecule has 2 aliphatic rings. The summed E-state index contributed by atoms with van der Waals surface area (Å²) in [5, 5.41) is 5.61. The van der Waals surface area contributed by atoms with E-state index in [-0.39, 0.29) is 11.9 Å². The summed E-state index contributed by atoms with van der Waals surface area (Å²) in [5.41, 5.74) is -0.845. The molecule has 2 atom stereocenters. The zero-order valence-corrected chi connectivity index (χ0v) is 13.2. The average molecular weight is 346 g/mol. The van der Waals surface area contributed by atoms with Crippen LogP contribution in [0.2, 0.25) is 0 Å². The Hall–Kier alpha value is -1.77. The van der Waals surface area contributed by atoms with Crippen LogP contribution in [0, 0.1) is 11.8 Å². The van der Waals surface area contributed by atoms with Crippen molar-refractivity contribution in [1.29, 1.82) is 0 Å². The summed E-state index contributed by atoms with van der Waals surface area (Å²) in [6, 6.07) is -0.241. The molecule has 2 amide bonds. The molecule has 2 unspecified atom stereocenters. The maximum Gasteiger partial charge on any atom is 0.434 e.